The summed E-state index contributed by atoms with van der Waals surface area (Å²) in [5, 5.41) is 0. The van der Waals surface area contributed by atoms with E-state index in [4.69, 9.17) is 0 Å². The Morgan fingerprint density at radius 3 is 1.87 bits per heavy atom. The van der Waals surface area contributed by atoms with Crippen LogP contribution in [0.2, 0.25) is 0 Å². The van der Waals surface area contributed by atoms with Crippen LogP contribution in [-0.4, -0.2) is 27.2 Å². The summed E-state index contributed by atoms with van der Waals surface area (Å²) in [6, 6.07) is 17.5. The Balaban J connectivity index is 0.00000192. The van der Waals surface area contributed by atoms with E-state index in [-0.39, 0.29) is 17.8 Å². The molecule has 3 rings (SSSR count). The van der Waals surface area contributed by atoms with Crippen LogP contribution in [0, 0.1) is 5.41 Å². The first-order chi connectivity index (χ1) is 10.5. The van der Waals surface area contributed by atoms with E-state index in [0.717, 1.165) is 13.1 Å². The third-order valence-corrected chi connectivity index (χ3v) is 5.08. The Labute approximate surface area is 150 Å². The quantitative estimate of drug-likeness (QED) is 0.858. The molecular formula is C19H25ClN2S. The average molecular weight is 349 g/mol. The first-order valence-electron chi connectivity index (χ1n) is 7.89. The van der Waals surface area contributed by atoms with Crippen LogP contribution in [-0.2, 0) is 0 Å². The van der Waals surface area contributed by atoms with Crippen LogP contribution >= 0.6 is 11.8 Å². The number of hydrogen-bond acceptors (Lipinski definition) is 2. The lowest BCUT2D eigenvalue weighted by Gasteiger charge is -2.38. The van der Waals surface area contributed by atoms with Crippen LogP contribution in [0.25, 0.3) is 0 Å². The molecule has 0 aromatic heterocycles. The van der Waals surface area contributed by atoms with Gasteiger partial charge < -0.3 is 22.2 Å². The molecule has 0 saturated carbocycles. The summed E-state index contributed by atoms with van der Waals surface area (Å²) in [5.41, 5.74) is 2.93. The minimum atomic E-state index is 0. The third-order valence-electron chi connectivity index (χ3n) is 3.95. The van der Waals surface area contributed by atoms with Gasteiger partial charge in [0.2, 0.25) is 0 Å². The Morgan fingerprint density at radius 2 is 1.39 bits per heavy atom. The average Bonchev–Trinajstić information content (AvgIpc) is 2.45. The van der Waals surface area contributed by atoms with Crippen LogP contribution in [0.3, 0.4) is 0 Å². The molecule has 1 N–H and O–H groups in total. The molecule has 0 saturated heterocycles. The number of hydrogen-bond donors (Lipinski definition) is 1. The van der Waals surface area contributed by atoms with Crippen molar-refractivity contribution in [1.82, 2.24) is 0 Å². The van der Waals surface area contributed by atoms with Crippen molar-refractivity contribution in [3.8, 4) is 0 Å². The molecule has 2 aromatic rings. The van der Waals surface area contributed by atoms with Gasteiger partial charge >= 0.3 is 0 Å². The van der Waals surface area contributed by atoms with Gasteiger partial charge in [-0.25, -0.2) is 0 Å². The number of halogens is 1. The molecule has 0 aliphatic carbocycles. The van der Waals surface area contributed by atoms with Gasteiger partial charge in [0.25, 0.3) is 0 Å². The third kappa shape index (κ3) is 4.03. The SMILES string of the molecule is C[NH+](C)CC(C)(C)CN1c2ccccc2Sc2ccccc21.[Cl-]. The van der Waals surface area contributed by atoms with Crippen LogP contribution in [0.1, 0.15) is 13.8 Å². The first-order valence-corrected chi connectivity index (χ1v) is 8.70. The molecular weight excluding hydrogens is 324 g/mol. The lowest BCUT2D eigenvalue weighted by atomic mass is 9.91. The first kappa shape index (κ1) is 18.2. The molecule has 4 heteroatoms. The van der Waals surface area contributed by atoms with Crippen molar-refractivity contribution < 1.29 is 17.3 Å². The molecule has 0 unspecified atom stereocenters. The normalized spacial score (nSPS) is 13.3. The fraction of sp³-hybridized carbons (Fsp3) is 0.368. The van der Waals surface area contributed by atoms with Crippen LogP contribution in [0.5, 0.6) is 0 Å². The zero-order chi connectivity index (χ0) is 15.7. The largest absolute Gasteiger partial charge is 1.00 e. The molecule has 1 aliphatic rings. The number of quaternary nitrogens is 1. The van der Waals surface area contributed by atoms with E-state index >= 15 is 0 Å². The van der Waals surface area contributed by atoms with Gasteiger partial charge in [-0.1, -0.05) is 49.9 Å². The van der Waals surface area contributed by atoms with Crippen molar-refractivity contribution in [1.29, 1.82) is 0 Å². The second kappa shape index (κ2) is 7.16. The number of anilines is 2. The maximum absolute atomic E-state index is 2.50. The van der Waals surface area contributed by atoms with Crippen molar-refractivity contribution in [2.75, 3.05) is 32.1 Å². The maximum Gasteiger partial charge on any atom is 0.0835 e. The number of benzene rings is 2. The number of nitrogens with one attached hydrogen (secondary N) is 1. The Hall–Kier alpha value is -1.16. The van der Waals surface area contributed by atoms with Gasteiger partial charge in [0.15, 0.2) is 0 Å². The summed E-state index contributed by atoms with van der Waals surface area (Å²) in [7, 11) is 4.46. The summed E-state index contributed by atoms with van der Waals surface area (Å²) < 4.78 is 0. The summed E-state index contributed by atoms with van der Waals surface area (Å²) in [6.45, 7) is 6.92. The predicted molar refractivity (Wildman–Crippen MR) is 95.5 cm³/mol. The minimum absolute atomic E-state index is 0. The van der Waals surface area contributed by atoms with Gasteiger partial charge in [-0.05, 0) is 24.3 Å². The molecule has 2 nitrogen and oxygen atoms in total. The molecule has 0 amide bonds. The molecule has 124 valence electrons. The van der Waals surface area contributed by atoms with Gasteiger partial charge in [0, 0.05) is 21.8 Å². The van der Waals surface area contributed by atoms with Crippen LogP contribution in [0.4, 0.5) is 11.4 Å². The van der Waals surface area contributed by atoms with E-state index in [9.17, 15) is 0 Å². The topological polar surface area (TPSA) is 7.68 Å². The summed E-state index contributed by atoms with van der Waals surface area (Å²) >= 11 is 1.88. The van der Waals surface area contributed by atoms with E-state index in [1.54, 1.807) is 0 Å². The van der Waals surface area contributed by atoms with E-state index < -0.39 is 0 Å². The molecule has 0 fully saturated rings. The molecule has 1 heterocycles. The predicted octanol–water partition coefficient (Wildman–Crippen LogP) is 0.464. The zero-order valence-electron chi connectivity index (χ0n) is 14.3. The number of rotatable bonds is 4. The monoisotopic (exact) mass is 348 g/mol. The number of nitrogens with zero attached hydrogens (tertiary/aromatic N) is 1. The van der Waals surface area contributed by atoms with Crippen molar-refractivity contribution in [3.63, 3.8) is 0 Å². The van der Waals surface area contributed by atoms with Gasteiger partial charge in [-0.15, -0.1) is 0 Å². The Kier molecular flexibility index (Phi) is 5.66. The smallest absolute Gasteiger partial charge is 0.0835 e. The van der Waals surface area contributed by atoms with Gasteiger partial charge in [0.1, 0.15) is 0 Å². The lowest BCUT2D eigenvalue weighted by Crippen LogP contribution is -3.07. The highest BCUT2D eigenvalue weighted by atomic mass is 35.5. The summed E-state index contributed by atoms with van der Waals surface area (Å²) in [5.74, 6) is 0. The molecule has 0 atom stereocenters. The minimum Gasteiger partial charge on any atom is -1.00 e. The number of para-hydroxylation sites is 2. The fourth-order valence-electron chi connectivity index (χ4n) is 3.39. The molecule has 0 bridgehead atoms. The summed E-state index contributed by atoms with van der Waals surface area (Å²) in [4.78, 5) is 6.71. The maximum atomic E-state index is 2.50. The molecule has 23 heavy (non-hydrogen) atoms. The highest BCUT2D eigenvalue weighted by molar-refractivity contribution is 7.99. The second-order valence-corrected chi connectivity index (χ2v) is 8.26. The van der Waals surface area contributed by atoms with E-state index in [0.29, 0.717) is 0 Å². The Morgan fingerprint density at radius 1 is 0.913 bits per heavy atom. The van der Waals surface area contributed by atoms with Gasteiger partial charge in [-0.3, -0.25) is 0 Å². The lowest BCUT2D eigenvalue weighted by molar-refractivity contribution is -0.865. The van der Waals surface area contributed by atoms with E-state index in [1.165, 1.54) is 26.1 Å². The standard InChI is InChI=1S/C19H24N2S.ClH/c1-19(2,13-20(3)4)14-21-15-9-5-7-11-17(15)22-18-12-8-6-10-16(18)21;/h5-12H,13-14H2,1-4H3;1H. The highest BCUT2D eigenvalue weighted by Crippen LogP contribution is 2.48. The second-order valence-electron chi connectivity index (χ2n) is 7.17. The molecule has 0 spiro atoms. The van der Waals surface area contributed by atoms with Gasteiger partial charge in [-0.2, -0.15) is 0 Å². The fourth-order valence-corrected chi connectivity index (χ4v) is 4.49. The Bertz CT molecular complexity index is 624. The van der Waals surface area contributed by atoms with Crippen molar-refractivity contribution in [2.45, 2.75) is 23.6 Å². The molecule has 0 radical (unpaired) electrons. The summed E-state index contributed by atoms with van der Waals surface area (Å²) in [6.07, 6.45) is 0. The number of fused-ring (bicyclic) bond motifs is 2. The van der Waals surface area contributed by atoms with Crippen LogP contribution < -0.4 is 22.2 Å². The zero-order valence-corrected chi connectivity index (χ0v) is 15.8. The molecule has 1 aliphatic heterocycles. The van der Waals surface area contributed by atoms with Crippen LogP contribution in [0.15, 0.2) is 58.3 Å². The van der Waals surface area contributed by atoms with Crippen molar-refractivity contribution in [2.24, 2.45) is 5.41 Å². The van der Waals surface area contributed by atoms with Gasteiger partial charge in [0.05, 0.1) is 32.0 Å². The van der Waals surface area contributed by atoms with Crippen molar-refractivity contribution in [3.05, 3.63) is 48.5 Å². The van der Waals surface area contributed by atoms with E-state index in [1.807, 2.05) is 11.8 Å². The molecule has 2 aromatic carbocycles. The van der Waals surface area contributed by atoms with E-state index in [2.05, 4.69) is 81.4 Å². The highest BCUT2D eigenvalue weighted by Gasteiger charge is 2.30. The van der Waals surface area contributed by atoms with Crippen molar-refractivity contribution >= 4 is 23.1 Å².